The molecule has 1 fully saturated rings. The van der Waals surface area contributed by atoms with Crippen LogP contribution in [0.25, 0.3) is 22.2 Å². The van der Waals surface area contributed by atoms with Gasteiger partial charge in [-0.1, -0.05) is 12.1 Å². The Balaban J connectivity index is 1.54. The third-order valence-corrected chi connectivity index (χ3v) is 7.18. The summed E-state index contributed by atoms with van der Waals surface area (Å²) in [4.78, 5) is 38.0. The van der Waals surface area contributed by atoms with Gasteiger partial charge in [0.05, 0.1) is 36.1 Å². The molecule has 0 aliphatic carbocycles. The van der Waals surface area contributed by atoms with E-state index in [0.29, 0.717) is 58.5 Å². The zero-order chi connectivity index (χ0) is 26.2. The fraction of sp³-hybridized carbons (Fsp3) is 0.250. The highest BCUT2D eigenvalue weighted by atomic mass is 79.9. The van der Waals surface area contributed by atoms with E-state index in [1.54, 1.807) is 42.9 Å². The van der Waals surface area contributed by atoms with Crippen LogP contribution in [0.1, 0.15) is 5.56 Å². The Morgan fingerprint density at radius 2 is 1.95 bits per heavy atom. The van der Waals surface area contributed by atoms with Crippen molar-refractivity contribution in [3.05, 3.63) is 81.2 Å². The number of pyridine rings is 2. The van der Waals surface area contributed by atoms with Gasteiger partial charge in [0.2, 0.25) is 0 Å². The van der Waals surface area contributed by atoms with Gasteiger partial charge in [0.1, 0.15) is 18.2 Å². The zero-order valence-electron chi connectivity index (χ0n) is 19.5. The van der Waals surface area contributed by atoms with Gasteiger partial charge in [0.15, 0.2) is 0 Å². The lowest BCUT2D eigenvalue weighted by Gasteiger charge is -2.28. The SMILES string of the molecule is O=c1cc(-c2cn(COP(=O)(O)O)c3ncc(N4CCOCC4)cc23)ccn1Cc1cccc(Br)c1F. The Morgan fingerprint density at radius 3 is 2.68 bits per heavy atom. The molecule has 1 aliphatic heterocycles. The maximum atomic E-state index is 14.4. The molecule has 5 rings (SSSR count). The minimum Gasteiger partial charge on any atom is -0.378 e. The molecule has 194 valence electrons. The van der Waals surface area contributed by atoms with Crippen molar-refractivity contribution in [1.82, 2.24) is 14.1 Å². The predicted molar refractivity (Wildman–Crippen MR) is 139 cm³/mol. The maximum Gasteiger partial charge on any atom is 0.471 e. The Hall–Kier alpha value is -2.86. The minimum atomic E-state index is -4.72. The van der Waals surface area contributed by atoms with Crippen LogP contribution in [0.3, 0.4) is 0 Å². The number of nitrogens with zero attached hydrogens (tertiary/aromatic N) is 4. The van der Waals surface area contributed by atoms with Crippen LogP contribution in [-0.2, 0) is 27.1 Å². The summed E-state index contributed by atoms with van der Waals surface area (Å²) in [6.45, 7) is 2.23. The largest absolute Gasteiger partial charge is 0.471 e. The molecular formula is C24H23BrFN4O6P. The lowest BCUT2D eigenvalue weighted by Crippen LogP contribution is -2.36. The third-order valence-electron chi connectivity index (χ3n) is 6.12. The van der Waals surface area contributed by atoms with Crippen molar-refractivity contribution < 1.29 is 28.0 Å². The first-order valence-electron chi connectivity index (χ1n) is 11.3. The number of aromatic nitrogens is 3. The number of ether oxygens (including phenoxy) is 1. The van der Waals surface area contributed by atoms with E-state index in [-0.39, 0.29) is 12.1 Å². The second-order valence-electron chi connectivity index (χ2n) is 8.52. The van der Waals surface area contributed by atoms with Crippen LogP contribution in [0, 0.1) is 5.82 Å². The van der Waals surface area contributed by atoms with Crippen LogP contribution in [0.4, 0.5) is 10.1 Å². The topological polar surface area (TPSA) is 119 Å². The number of anilines is 1. The number of fused-ring (bicyclic) bond motifs is 1. The fourth-order valence-corrected chi connectivity index (χ4v) is 4.96. The molecule has 1 aromatic carbocycles. The normalized spacial score (nSPS) is 14.4. The van der Waals surface area contributed by atoms with E-state index >= 15 is 0 Å². The highest BCUT2D eigenvalue weighted by Gasteiger charge is 2.20. The Labute approximate surface area is 219 Å². The van der Waals surface area contributed by atoms with Crippen LogP contribution >= 0.6 is 23.8 Å². The summed E-state index contributed by atoms with van der Waals surface area (Å²) in [5.41, 5.74) is 2.57. The fourth-order valence-electron chi connectivity index (χ4n) is 4.28. The van der Waals surface area contributed by atoms with Crippen molar-refractivity contribution in [1.29, 1.82) is 0 Å². The first-order chi connectivity index (χ1) is 17.7. The highest BCUT2D eigenvalue weighted by molar-refractivity contribution is 9.10. The summed E-state index contributed by atoms with van der Waals surface area (Å²) < 4.78 is 39.1. The number of phosphoric acid groups is 1. The van der Waals surface area contributed by atoms with Crippen molar-refractivity contribution >= 4 is 40.5 Å². The highest BCUT2D eigenvalue weighted by Crippen LogP contribution is 2.38. The number of benzene rings is 1. The number of hydrogen-bond donors (Lipinski definition) is 2. The summed E-state index contributed by atoms with van der Waals surface area (Å²) in [5.74, 6) is -0.423. The zero-order valence-corrected chi connectivity index (χ0v) is 21.9. The molecule has 0 atom stereocenters. The summed E-state index contributed by atoms with van der Waals surface area (Å²) >= 11 is 3.16. The summed E-state index contributed by atoms with van der Waals surface area (Å²) in [6.07, 6.45) is 4.92. The standard InChI is InChI=1S/C24H23BrFN4O6P/c25-21-3-1-2-17(23(21)26)13-29-5-4-16(10-22(29)31)20-14-30(15-36-37(32,33)34)24-19(20)11-18(12-27-24)28-6-8-35-9-7-28/h1-5,10-12,14H,6-9,13,15H2,(H2,32,33,34). The molecule has 4 aromatic rings. The average molecular weight is 593 g/mol. The van der Waals surface area contributed by atoms with Crippen LogP contribution in [-0.4, -0.2) is 50.2 Å². The summed E-state index contributed by atoms with van der Waals surface area (Å²) in [7, 11) is -4.72. The summed E-state index contributed by atoms with van der Waals surface area (Å²) in [5, 5.41) is 0.688. The molecule has 37 heavy (non-hydrogen) atoms. The van der Waals surface area contributed by atoms with Gasteiger partial charge in [-0.3, -0.25) is 9.32 Å². The van der Waals surface area contributed by atoms with E-state index in [1.165, 1.54) is 15.2 Å². The minimum absolute atomic E-state index is 0.0605. The second-order valence-corrected chi connectivity index (χ2v) is 10.6. The van der Waals surface area contributed by atoms with Gasteiger partial charge in [-0.15, -0.1) is 0 Å². The van der Waals surface area contributed by atoms with E-state index < -0.39 is 20.4 Å². The van der Waals surface area contributed by atoms with Gasteiger partial charge < -0.3 is 28.6 Å². The molecule has 0 spiro atoms. The van der Waals surface area contributed by atoms with Crippen molar-refractivity contribution in [2.24, 2.45) is 0 Å². The number of hydrogen-bond acceptors (Lipinski definition) is 6. The molecule has 10 nitrogen and oxygen atoms in total. The van der Waals surface area contributed by atoms with Crippen LogP contribution in [0.15, 0.2) is 64.3 Å². The molecule has 0 radical (unpaired) electrons. The summed E-state index contributed by atoms with van der Waals surface area (Å²) in [6, 6.07) is 10.0. The Bertz CT molecular complexity index is 1560. The molecular weight excluding hydrogens is 570 g/mol. The molecule has 1 aliphatic rings. The Morgan fingerprint density at radius 1 is 1.16 bits per heavy atom. The van der Waals surface area contributed by atoms with Crippen molar-refractivity contribution in [3.63, 3.8) is 0 Å². The molecule has 1 saturated heterocycles. The van der Waals surface area contributed by atoms with E-state index in [9.17, 15) is 23.5 Å². The van der Waals surface area contributed by atoms with Crippen LogP contribution in [0.5, 0.6) is 0 Å². The first-order valence-corrected chi connectivity index (χ1v) is 13.7. The monoisotopic (exact) mass is 592 g/mol. The lowest BCUT2D eigenvalue weighted by atomic mass is 10.1. The van der Waals surface area contributed by atoms with Gasteiger partial charge in [0.25, 0.3) is 5.56 Å². The molecule has 4 heterocycles. The number of rotatable bonds is 7. The molecule has 13 heteroatoms. The average Bonchev–Trinajstić information content (AvgIpc) is 3.25. The van der Waals surface area contributed by atoms with Gasteiger partial charge in [-0.25, -0.2) is 13.9 Å². The molecule has 0 amide bonds. The van der Waals surface area contributed by atoms with Gasteiger partial charge in [0, 0.05) is 48.1 Å². The smallest absolute Gasteiger partial charge is 0.378 e. The molecule has 0 saturated carbocycles. The number of halogens is 2. The van der Waals surface area contributed by atoms with Crippen molar-refractivity contribution in [2.45, 2.75) is 13.3 Å². The third kappa shape index (κ3) is 5.69. The predicted octanol–water partition coefficient (Wildman–Crippen LogP) is 3.72. The first kappa shape index (κ1) is 25.8. The molecule has 3 aromatic heterocycles. The molecule has 2 N–H and O–H groups in total. The second kappa shape index (κ2) is 10.5. The number of phosphoric ester groups is 1. The van der Waals surface area contributed by atoms with E-state index in [4.69, 9.17) is 9.26 Å². The lowest BCUT2D eigenvalue weighted by molar-refractivity contribution is 0.122. The molecule has 0 bridgehead atoms. The van der Waals surface area contributed by atoms with Crippen molar-refractivity contribution in [2.75, 3.05) is 31.2 Å². The van der Waals surface area contributed by atoms with Crippen LogP contribution < -0.4 is 10.5 Å². The Kier molecular flexibility index (Phi) is 7.30. The number of morpholine rings is 1. The van der Waals surface area contributed by atoms with Crippen molar-refractivity contribution in [3.8, 4) is 11.1 Å². The van der Waals surface area contributed by atoms with Gasteiger partial charge in [-0.05, 0) is 39.7 Å². The maximum absolute atomic E-state index is 14.4. The van der Waals surface area contributed by atoms with Gasteiger partial charge >= 0.3 is 7.82 Å². The van der Waals surface area contributed by atoms with Crippen LogP contribution in [0.2, 0.25) is 0 Å². The quantitative estimate of drug-likeness (QED) is 0.312. The van der Waals surface area contributed by atoms with Gasteiger partial charge in [-0.2, -0.15) is 0 Å². The van der Waals surface area contributed by atoms with E-state index in [1.807, 2.05) is 6.07 Å². The van der Waals surface area contributed by atoms with E-state index in [0.717, 1.165) is 5.69 Å². The van der Waals surface area contributed by atoms with E-state index in [2.05, 4.69) is 25.8 Å². The molecule has 0 unspecified atom stereocenters.